The van der Waals surface area contributed by atoms with Crippen LogP contribution >= 0.6 is 23.2 Å². The number of guanidine groups is 1. The summed E-state index contributed by atoms with van der Waals surface area (Å²) in [6.45, 7) is 3.18. The summed E-state index contributed by atoms with van der Waals surface area (Å²) in [5.74, 6) is 0.195. The minimum Gasteiger partial charge on any atom is -0.392 e. The van der Waals surface area contributed by atoms with Crippen LogP contribution in [0.1, 0.15) is 23.6 Å². The lowest BCUT2D eigenvalue weighted by Crippen LogP contribution is -2.36. The molecule has 0 radical (unpaired) electrons. The van der Waals surface area contributed by atoms with Gasteiger partial charge in [0.25, 0.3) is 0 Å². The number of aliphatic imine (C=N–C) groups is 1. The van der Waals surface area contributed by atoms with E-state index in [1.165, 1.54) is 6.07 Å². The number of hydrogen-bond acceptors (Lipinski definition) is 2. The topological polar surface area (TPSA) is 56.7 Å². The molecule has 0 aliphatic heterocycles. The van der Waals surface area contributed by atoms with Crippen LogP contribution in [0.15, 0.2) is 41.4 Å². The molecule has 0 aliphatic carbocycles. The third-order valence-electron chi connectivity index (χ3n) is 3.51. The van der Waals surface area contributed by atoms with E-state index in [1.54, 1.807) is 24.3 Å². The minimum absolute atomic E-state index is 0.263. The lowest BCUT2D eigenvalue weighted by Gasteiger charge is -2.12. The zero-order valence-electron chi connectivity index (χ0n) is 13.8. The molecule has 7 heteroatoms. The molecule has 0 spiro atoms. The summed E-state index contributed by atoms with van der Waals surface area (Å²) >= 11 is 12.1. The molecule has 0 fully saturated rings. The second-order valence-electron chi connectivity index (χ2n) is 5.37. The maximum atomic E-state index is 13.4. The first-order valence-electron chi connectivity index (χ1n) is 7.87. The fourth-order valence-electron chi connectivity index (χ4n) is 2.20. The van der Waals surface area contributed by atoms with Crippen molar-refractivity contribution < 1.29 is 9.50 Å². The standard InChI is InChI=1S/C18H20Cl2FN3O/c1-2-22-18(24-10-13-4-5-15(19)8-16(13)20)23-9-12-3-6-17(21)14(7-12)11-25/h3-8,25H,2,9-11H2,1H3,(H2,22,23,24). The van der Waals surface area contributed by atoms with Crippen LogP contribution in [0.5, 0.6) is 0 Å². The summed E-state index contributed by atoms with van der Waals surface area (Å²) in [7, 11) is 0. The molecule has 0 unspecified atom stereocenters. The van der Waals surface area contributed by atoms with E-state index in [0.29, 0.717) is 35.6 Å². The summed E-state index contributed by atoms with van der Waals surface area (Å²) in [5, 5.41) is 16.6. The van der Waals surface area contributed by atoms with Crippen LogP contribution < -0.4 is 10.6 Å². The molecule has 0 aromatic heterocycles. The molecule has 3 N–H and O–H groups in total. The monoisotopic (exact) mass is 383 g/mol. The molecule has 4 nitrogen and oxygen atoms in total. The molecule has 2 aromatic carbocycles. The van der Waals surface area contributed by atoms with E-state index in [1.807, 2.05) is 13.0 Å². The normalized spacial score (nSPS) is 11.5. The molecule has 2 rings (SSSR count). The van der Waals surface area contributed by atoms with E-state index < -0.39 is 5.82 Å². The minimum atomic E-state index is -0.419. The van der Waals surface area contributed by atoms with Gasteiger partial charge in [-0.05, 0) is 42.3 Å². The number of benzene rings is 2. The Balaban J connectivity index is 2.05. The molecular weight excluding hydrogens is 364 g/mol. The highest BCUT2D eigenvalue weighted by Crippen LogP contribution is 2.20. The van der Waals surface area contributed by atoms with Crippen LogP contribution in [0.25, 0.3) is 0 Å². The first kappa shape index (κ1) is 19.5. The first-order valence-corrected chi connectivity index (χ1v) is 8.63. The fraction of sp³-hybridized carbons (Fsp3) is 0.278. The maximum absolute atomic E-state index is 13.4. The fourth-order valence-corrected chi connectivity index (χ4v) is 2.68. The van der Waals surface area contributed by atoms with Crippen LogP contribution in [0, 0.1) is 5.82 Å². The zero-order chi connectivity index (χ0) is 18.2. The van der Waals surface area contributed by atoms with Crippen LogP contribution in [0.4, 0.5) is 4.39 Å². The number of halogens is 3. The van der Waals surface area contributed by atoms with E-state index in [0.717, 1.165) is 11.1 Å². The molecule has 0 saturated heterocycles. The summed E-state index contributed by atoms with van der Waals surface area (Å²) in [6.07, 6.45) is 0. The van der Waals surface area contributed by atoms with Gasteiger partial charge in [-0.1, -0.05) is 35.3 Å². The Morgan fingerprint density at radius 1 is 1.12 bits per heavy atom. The Hall–Kier alpha value is -1.82. The summed E-state index contributed by atoms with van der Waals surface area (Å²) in [5.41, 5.74) is 1.98. The molecule has 0 amide bonds. The van der Waals surface area contributed by atoms with Crippen molar-refractivity contribution in [2.45, 2.75) is 26.6 Å². The Morgan fingerprint density at radius 3 is 2.60 bits per heavy atom. The van der Waals surface area contributed by atoms with E-state index in [2.05, 4.69) is 15.6 Å². The Labute approximate surface area is 156 Å². The van der Waals surface area contributed by atoms with E-state index in [9.17, 15) is 4.39 Å². The molecular formula is C18H20Cl2FN3O. The van der Waals surface area contributed by atoms with Crippen molar-refractivity contribution in [3.05, 3.63) is 69.0 Å². The highest BCUT2D eigenvalue weighted by molar-refractivity contribution is 6.35. The average Bonchev–Trinajstić information content (AvgIpc) is 2.59. The van der Waals surface area contributed by atoms with E-state index >= 15 is 0 Å². The Morgan fingerprint density at radius 2 is 1.92 bits per heavy atom. The molecule has 25 heavy (non-hydrogen) atoms. The van der Waals surface area contributed by atoms with Crippen LogP contribution in [-0.4, -0.2) is 17.6 Å². The van der Waals surface area contributed by atoms with Crippen LogP contribution in [0.3, 0.4) is 0 Å². The molecule has 0 aliphatic rings. The molecule has 0 saturated carbocycles. The van der Waals surface area contributed by atoms with E-state index in [4.69, 9.17) is 28.3 Å². The Bertz CT molecular complexity index is 753. The third kappa shape index (κ3) is 5.88. The number of hydrogen-bond donors (Lipinski definition) is 3. The van der Waals surface area contributed by atoms with Gasteiger partial charge in [0.05, 0.1) is 13.2 Å². The van der Waals surface area contributed by atoms with Gasteiger partial charge < -0.3 is 15.7 Å². The van der Waals surface area contributed by atoms with Crippen LogP contribution in [0.2, 0.25) is 10.0 Å². The van der Waals surface area contributed by atoms with Crippen molar-refractivity contribution in [1.29, 1.82) is 0 Å². The van der Waals surface area contributed by atoms with Gasteiger partial charge in [0.15, 0.2) is 5.96 Å². The number of aliphatic hydroxyl groups excluding tert-OH is 1. The molecule has 134 valence electrons. The smallest absolute Gasteiger partial charge is 0.191 e. The summed E-state index contributed by atoms with van der Waals surface area (Å²) in [6, 6.07) is 9.93. The number of nitrogens with one attached hydrogen (secondary N) is 2. The predicted octanol–water partition coefficient (Wildman–Crippen LogP) is 3.88. The van der Waals surface area contributed by atoms with Gasteiger partial charge in [-0.15, -0.1) is 0 Å². The van der Waals surface area contributed by atoms with Gasteiger partial charge in [-0.3, -0.25) is 0 Å². The third-order valence-corrected chi connectivity index (χ3v) is 4.09. The van der Waals surface area contributed by atoms with Gasteiger partial charge in [0, 0.05) is 28.7 Å². The zero-order valence-corrected chi connectivity index (χ0v) is 15.3. The molecule has 2 aromatic rings. The van der Waals surface area contributed by atoms with Crippen LogP contribution in [-0.2, 0) is 19.7 Å². The highest BCUT2D eigenvalue weighted by atomic mass is 35.5. The largest absolute Gasteiger partial charge is 0.392 e. The van der Waals surface area contributed by atoms with Gasteiger partial charge in [0.1, 0.15) is 5.82 Å². The van der Waals surface area contributed by atoms with Crippen molar-refractivity contribution >= 4 is 29.2 Å². The van der Waals surface area contributed by atoms with Crippen molar-refractivity contribution in [2.24, 2.45) is 4.99 Å². The second-order valence-corrected chi connectivity index (χ2v) is 6.21. The summed E-state index contributed by atoms with van der Waals surface area (Å²) in [4.78, 5) is 4.47. The quantitative estimate of drug-likeness (QED) is 0.523. The molecule has 0 bridgehead atoms. The average molecular weight is 384 g/mol. The number of aliphatic hydroxyl groups is 1. The van der Waals surface area contributed by atoms with Crippen molar-refractivity contribution in [3.63, 3.8) is 0 Å². The lowest BCUT2D eigenvalue weighted by atomic mass is 10.1. The van der Waals surface area contributed by atoms with Crippen molar-refractivity contribution in [1.82, 2.24) is 10.6 Å². The predicted molar refractivity (Wildman–Crippen MR) is 100 cm³/mol. The highest BCUT2D eigenvalue weighted by Gasteiger charge is 2.05. The lowest BCUT2D eigenvalue weighted by molar-refractivity contribution is 0.275. The van der Waals surface area contributed by atoms with Gasteiger partial charge >= 0.3 is 0 Å². The molecule has 0 atom stereocenters. The maximum Gasteiger partial charge on any atom is 0.191 e. The Kier molecular flexibility index (Phi) is 7.50. The van der Waals surface area contributed by atoms with Crippen molar-refractivity contribution in [2.75, 3.05) is 6.54 Å². The number of nitrogens with zero attached hydrogens (tertiary/aromatic N) is 1. The second kappa shape index (κ2) is 9.61. The van der Waals surface area contributed by atoms with Gasteiger partial charge in [-0.25, -0.2) is 9.38 Å². The summed E-state index contributed by atoms with van der Waals surface area (Å²) < 4.78 is 13.4. The first-order chi connectivity index (χ1) is 12.0. The number of rotatable bonds is 6. The van der Waals surface area contributed by atoms with Gasteiger partial charge in [-0.2, -0.15) is 0 Å². The van der Waals surface area contributed by atoms with E-state index in [-0.39, 0.29) is 12.2 Å². The van der Waals surface area contributed by atoms with Crippen molar-refractivity contribution in [3.8, 4) is 0 Å². The SMILES string of the molecule is CCNC(=NCc1ccc(F)c(CO)c1)NCc1ccc(Cl)cc1Cl. The van der Waals surface area contributed by atoms with Gasteiger partial charge in [0.2, 0.25) is 0 Å². The molecule has 0 heterocycles.